The molecule has 0 saturated carbocycles. The van der Waals surface area contributed by atoms with E-state index in [0.717, 1.165) is 22.7 Å². The van der Waals surface area contributed by atoms with Gasteiger partial charge < -0.3 is 20.3 Å². The lowest BCUT2D eigenvalue weighted by Gasteiger charge is -2.27. The molecule has 3 heterocycles. The zero-order valence-corrected chi connectivity index (χ0v) is 11.4. The summed E-state index contributed by atoms with van der Waals surface area (Å²) >= 11 is 0. The Bertz CT molecular complexity index is 609. The lowest BCUT2D eigenvalue weighted by Crippen LogP contribution is -3.18. The topological polar surface area (TPSA) is 113 Å². The van der Waals surface area contributed by atoms with Crippen molar-refractivity contribution in [1.29, 1.82) is 0 Å². The van der Waals surface area contributed by atoms with Gasteiger partial charge in [-0.2, -0.15) is 4.74 Å². The lowest BCUT2D eigenvalue weighted by atomic mass is 9.82. The van der Waals surface area contributed by atoms with E-state index in [1.54, 1.807) is 0 Å². The molecule has 4 rings (SSSR count). The molecule has 2 atom stereocenters. The largest absolute Gasteiger partial charge is 0.619 e. The molecule has 0 bridgehead atoms. The number of fused-ring (bicyclic) bond motifs is 3. The summed E-state index contributed by atoms with van der Waals surface area (Å²) < 4.78 is 10.8. The Hall–Kier alpha value is -1.71. The zero-order chi connectivity index (χ0) is 14.6. The monoisotopic (exact) mass is 297 g/mol. The molecular formula is C12H17N4O5+. The van der Waals surface area contributed by atoms with Crippen LogP contribution >= 0.6 is 0 Å². The average molecular weight is 297 g/mol. The number of hydrogen-bond acceptors (Lipinski definition) is 6. The third-order valence-electron chi connectivity index (χ3n) is 4.81. The molecule has 3 aliphatic rings. The number of hydroxylamine groups is 1. The minimum Gasteiger partial charge on any atom is -0.619 e. The van der Waals surface area contributed by atoms with E-state index in [2.05, 4.69) is 9.79 Å². The molecule has 1 aromatic rings. The SMILES string of the molecule is [O-][N+]1=C2CCc3c(no[n+]3[O-])[C@]2(O)C[C@@H]1[NH+]1CCOCC1. The molecule has 21 heavy (non-hydrogen) atoms. The fourth-order valence-corrected chi connectivity index (χ4v) is 3.71. The standard InChI is InChI=1S/C12H16N4O5/c17-12-7-10(14-3-5-20-6-4-14)15(18)9(12)2-1-8-11(12)13-21-16(8)19/h10,17H,1-7H2/p+1/t10-,12+/m1/s1. The van der Waals surface area contributed by atoms with Gasteiger partial charge in [0.2, 0.25) is 17.0 Å². The van der Waals surface area contributed by atoms with E-state index >= 15 is 0 Å². The van der Waals surface area contributed by atoms with Crippen LogP contribution in [-0.2, 0) is 16.8 Å². The van der Waals surface area contributed by atoms with Gasteiger partial charge in [-0.1, -0.05) is 0 Å². The molecule has 9 heteroatoms. The number of rotatable bonds is 1. The first-order valence-corrected chi connectivity index (χ1v) is 7.17. The summed E-state index contributed by atoms with van der Waals surface area (Å²) in [6.07, 6.45) is 0.595. The Kier molecular flexibility index (Phi) is 2.72. The van der Waals surface area contributed by atoms with Crippen molar-refractivity contribution in [3.05, 3.63) is 21.8 Å². The molecule has 2 N–H and O–H groups in total. The molecule has 0 radical (unpaired) electrons. The van der Waals surface area contributed by atoms with Crippen LogP contribution in [0.3, 0.4) is 0 Å². The molecule has 1 aliphatic carbocycles. The first-order chi connectivity index (χ1) is 10.1. The maximum absolute atomic E-state index is 12.6. The first-order valence-electron chi connectivity index (χ1n) is 7.17. The van der Waals surface area contributed by atoms with Crippen molar-refractivity contribution < 1.29 is 29.0 Å². The van der Waals surface area contributed by atoms with Gasteiger partial charge in [0.15, 0.2) is 0 Å². The van der Waals surface area contributed by atoms with Gasteiger partial charge >= 0.3 is 0 Å². The maximum atomic E-state index is 12.6. The third-order valence-corrected chi connectivity index (χ3v) is 4.81. The Labute approximate surface area is 120 Å². The predicted octanol–water partition coefficient (Wildman–Crippen LogP) is -2.96. The number of morpholine rings is 1. The second-order valence-electron chi connectivity index (χ2n) is 5.85. The number of hydrogen-bond donors (Lipinski definition) is 2. The normalized spacial score (nSPS) is 33.1. The fraction of sp³-hybridized carbons (Fsp3) is 0.750. The third kappa shape index (κ3) is 1.71. The van der Waals surface area contributed by atoms with Gasteiger partial charge in [0, 0.05) is 18.0 Å². The van der Waals surface area contributed by atoms with Gasteiger partial charge in [-0.3, -0.25) is 9.53 Å². The maximum Gasteiger partial charge on any atom is 0.292 e. The highest BCUT2D eigenvalue weighted by molar-refractivity contribution is 5.91. The highest BCUT2D eigenvalue weighted by atomic mass is 16.8. The van der Waals surface area contributed by atoms with Gasteiger partial charge in [0.1, 0.15) is 19.5 Å². The summed E-state index contributed by atoms with van der Waals surface area (Å²) in [7, 11) is 0. The van der Waals surface area contributed by atoms with Crippen LogP contribution < -0.4 is 9.80 Å². The Morgan fingerprint density at radius 2 is 2.05 bits per heavy atom. The number of nitrogens with zero attached hydrogens (tertiary/aromatic N) is 3. The van der Waals surface area contributed by atoms with E-state index in [1.165, 1.54) is 0 Å². The molecule has 0 unspecified atom stereocenters. The van der Waals surface area contributed by atoms with Crippen LogP contribution in [0.25, 0.3) is 0 Å². The van der Waals surface area contributed by atoms with Crippen molar-refractivity contribution in [2.75, 3.05) is 26.3 Å². The Balaban J connectivity index is 1.72. The minimum atomic E-state index is -1.47. The highest BCUT2D eigenvalue weighted by Gasteiger charge is 2.62. The van der Waals surface area contributed by atoms with Crippen molar-refractivity contribution in [3.63, 3.8) is 0 Å². The van der Waals surface area contributed by atoms with Crippen LogP contribution in [0.1, 0.15) is 24.2 Å². The summed E-state index contributed by atoms with van der Waals surface area (Å²) in [5.74, 6) is 0. The summed E-state index contributed by atoms with van der Waals surface area (Å²) in [4.78, 5) is 1.43. The number of aliphatic hydroxyl groups is 1. The van der Waals surface area contributed by atoms with E-state index in [-0.39, 0.29) is 18.3 Å². The van der Waals surface area contributed by atoms with Crippen molar-refractivity contribution in [1.82, 2.24) is 5.16 Å². The molecule has 1 aromatic heterocycles. The molecule has 0 amide bonds. The smallest absolute Gasteiger partial charge is 0.292 e. The number of quaternary nitrogens is 1. The highest BCUT2D eigenvalue weighted by Crippen LogP contribution is 2.38. The van der Waals surface area contributed by atoms with Gasteiger partial charge in [-0.25, -0.2) is 0 Å². The second-order valence-corrected chi connectivity index (χ2v) is 5.85. The van der Waals surface area contributed by atoms with E-state index in [9.17, 15) is 15.5 Å². The number of aromatic nitrogens is 2. The molecule has 2 aliphatic heterocycles. The Morgan fingerprint density at radius 1 is 1.29 bits per heavy atom. The van der Waals surface area contributed by atoms with E-state index in [0.29, 0.717) is 42.4 Å². The van der Waals surface area contributed by atoms with E-state index in [4.69, 9.17) is 4.74 Å². The van der Waals surface area contributed by atoms with Crippen LogP contribution in [0.4, 0.5) is 0 Å². The van der Waals surface area contributed by atoms with Crippen LogP contribution in [0.2, 0.25) is 0 Å². The summed E-state index contributed by atoms with van der Waals surface area (Å²) in [6.45, 7) is 2.70. The summed E-state index contributed by atoms with van der Waals surface area (Å²) in [5, 5.41) is 38.7. The molecule has 0 aromatic carbocycles. The Morgan fingerprint density at radius 3 is 2.81 bits per heavy atom. The summed E-state index contributed by atoms with van der Waals surface area (Å²) in [5.41, 5.74) is -0.542. The molecular weight excluding hydrogens is 280 g/mol. The molecule has 1 saturated heterocycles. The molecule has 1 fully saturated rings. The van der Waals surface area contributed by atoms with Gasteiger partial charge in [-0.05, 0) is 4.90 Å². The molecule has 0 spiro atoms. The van der Waals surface area contributed by atoms with Crippen molar-refractivity contribution in [3.8, 4) is 0 Å². The van der Waals surface area contributed by atoms with Crippen molar-refractivity contribution >= 4 is 5.71 Å². The van der Waals surface area contributed by atoms with E-state index in [1.807, 2.05) is 0 Å². The fourth-order valence-electron chi connectivity index (χ4n) is 3.71. The predicted molar refractivity (Wildman–Crippen MR) is 66.2 cm³/mol. The zero-order valence-electron chi connectivity index (χ0n) is 11.4. The second kappa shape index (κ2) is 4.39. The first kappa shape index (κ1) is 13.0. The minimum absolute atomic E-state index is 0.203. The van der Waals surface area contributed by atoms with Gasteiger partial charge in [0.05, 0.1) is 13.2 Å². The van der Waals surface area contributed by atoms with Crippen LogP contribution in [0, 0.1) is 10.4 Å². The van der Waals surface area contributed by atoms with Crippen molar-refractivity contribution in [2.45, 2.75) is 31.0 Å². The molecule has 9 nitrogen and oxygen atoms in total. The number of ether oxygens (including phenoxy) is 1. The van der Waals surface area contributed by atoms with Crippen LogP contribution in [-0.4, -0.2) is 53.2 Å². The summed E-state index contributed by atoms with van der Waals surface area (Å²) in [6, 6.07) is 0. The quantitative estimate of drug-likeness (QED) is 0.423. The van der Waals surface area contributed by atoms with Crippen LogP contribution in [0.15, 0.2) is 4.63 Å². The number of nitrogens with one attached hydrogen (secondary N) is 1. The van der Waals surface area contributed by atoms with Gasteiger partial charge in [-0.15, -0.1) is 0 Å². The van der Waals surface area contributed by atoms with Crippen molar-refractivity contribution in [2.24, 2.45) is 0 Å². The molecule has 114 valence electrons. The van der Waals surface area contributed by atoms with Crippen LogP contribution in [0.5, 0.6) is 0 Å². The lowest BCUT2D eigenvalue weighted by molar-refractivity contribution is -1.01. The van der Waals surface area contributed by atoms with Gasteiger partial charge in [0.25, 0.3) is 11.9 Å². The van der Waals surface area contributed by atoms with E-state index < -0.39 is 5.60 Å². The average Bonchev–Trinajstić information content (AvgIpc) is 3.00.